The van der Waals surface area contributed by atoms with Gasteiger partial charge in [-0.2, -0.15) is 0 Å². The molecule has 0 spiro atoms. The molecule has 0 unspecified atom stereocenters. The number of aryl methyl sites for hydroxylation is 1. The molecule has 0 aromatic heterocycles. The maximum absolute atomic E-state index is 13.3. The zero-order valence-electron chi connectivity index (χ0n) is 17.2. The van der Waals surface area contributed by atoms with E-state index in [4.69, 9.17) is 0 Å². The molecule has 0 heterocycles. The normalized spacial score (nSPS) is 15.1. The van der Waals surface area contributed by atoms with Crippen LogP contribution in [0.1, 0.15) is 49.3 Å². The molecule has 1 aliphatic carbocycles. The van der Waals surface area contributed by atoms with Crippen molar-refractivity contribution in [3.63, 3.8) is 0 Å². The van der Waals surface area contributed by atoms with Crippen LogP contribution in [-0.2, 0) is 22.6 Å². The van der Waals surface area contributed by atoms with Gasteiger partial charge in [0, 0.05) is 17.1 Å². The third-order valence-electron chi connectivity index (χ3n) is 5.74. The highest BCUT2D eigenvalue weighted by Gasteiger charge is 2.28. The second kappa shape index (κ2) is 10.1. The third-order valence-corrected chi connectivity index (χ3v) is 6.27. The summed E-state index contributed by atoms with van der Waals surface area (Å²) < 4.78 is 0.992. The van der Waals surface area contributed by atoms with Crippen molar-refractivity contribution >= 4 is 27.7 Å². The Kier molecular flexibility index (Phi) is 7.48. The fourth-order valence-electron chi connectivity index (χ4n) is 3.83. The highest BCUT2D eigenvalue weighted by molar-refractivity contribution is 9.10. The van der Waals surface area contributed by atoms with E-state index in [1.807, 2.05) is 62.4 Å². The minimum absolute atomic E-state index is 0.0312. The van der Waals surface area contributed by atoms with Crippen molar-refractivity contribution in [3.05, 3.63) is 69.7 Å². The van der Waals surface area contributed by atoms with Crippen LogP contribution in [0, 0.1) is 6.92 Å². The van der Waals surface area contributed by atoms with E-state index in [1.165, 1.54) is 0 Å². The van der Waals surface area contributed by atoms with Crippen molar-refractivity contribution in [2.75, 3.05) is 0 Å². The van der Waals surface area contributed by atoms with Gasteiger partial charge in [-0.1, -0.05) is 65.2 Å². The summed E-state index contributed by atoms with van der Waals surface area (Å²) in [6, 6.07) is 15.5. The van der Waals surface area contributed by atoms with E-state index >= 15 is 0 Å². The Labute approximate surface area is 181 Å². The van der Waals surface area contributed by atoms with Gasteiger partial charge >= 0.3 is 0 Å². The van der Waals surface area contributed by atoms with Crippen LogP contribution in [0.15, 0.2) is 53.0 Å². The maximum atomic E-state index is 13.3. The first-order valence-electron chi connectivity index (χ1n) is 10.3. The lowest BCUT2D eigenvalue weighted by atomic mass is 10.0. The van der Waals surface area contributed by atoms with Gasteiger partial charge in [0.2, 0.25) is 11.8 Å². The van der Waals surface area contributed by atoms with Crippen molar-refractivity contribution < 1.29 is 9.59 Å². The summed E-state index contributed by atoms with van der Waals surface area (Å²) in [6.45, 7) is 4.26. The molecule has 3 rings (SSSR count). The first kappa shape index (κ1) is 21.6. The monoisotopic (exact) mass is 456 g/mol. The van der Waals surface area contributed by atoms with Crippen molar-refractivity contribution in [2.24, 2.45) is 0 Å². The van der Waals surface area contributed by atoms with E-state index in [0.29, 0.717) is 13.0 Å². The lowest BCUT2D eigenvalue weighted by molar-refractivity contribution is -0.140. The molecule has 0 saturated heterocycles. The summed E-state index contributed by atoms with van der Waals surface area (Å²) in [5.74, 6) is -0.0940. The number of amides is 2. The van der Waals surface area contributed by atoms with Gasteiger partial charge in [0.25, 0.3) is 0 Å². The number of rotatable bonds is 7. The Balaban J connectivity index is 1.77. The van der Waals surface area contributed by atoms with Crippen LogP contribution in [0.5, 0.6) is 0 Å². The average molecular weight is 457 g/mol. The SMILES string of the molecule is Cc1ccccc1CC(=O)N(Cc1ccc(Br)cc1)[C@@H](C)C(=O)NC1CCCC1. The van der Waals surface area contributed by atoms with E-state index in [2.05, 4.69) is 21.2 Å². The van der Waals surface area contributed by atoms with E-state index in [0.717, 1.165) is 46.8 Å². The molecule has 1 fully saturated rings. The standard InChI is InChI=1S/C24H29BrN2O2/c1-17-7-3-4-8-20(17)15-23(28)27(16-19-11-13-21(25)14-12-19)18(2)24(29)26-22-9-5-6-10-22/h3-4,7-8,11-14,18,22H,5-6,9-10,15-16H2,1-2H3,(H,26,29)/t18-/m0/s1. The topological polar surface area (TPSA) is 49.4 Å². The summed E-state index contributed by atoms with van der Waals surface area (Å²) in [6.07, 6.45) is 4.68. The van der Waals surface area contributed by atoms with Crippen LogP contribution in [-0.4, -0.2) is 28.8 Å². The molecule has 2 amide bonds. The largest absolute Gasteiger partial charge is 0.352 e. The predicted octanol–water partition coefficient (Wildman–Crippen LogP) is 4.78. The van der Waals surface area contributed by atoms with Gasteiger partial charge in [-0.25, -0.2) is 0 Å². The molecule has 0 bridgehead atoms. The summed E-state index contributed by atoms with van der Waals surface area (Å²) in [5.41, 5.74) is 3.10. The number of nitrogens with zero attached hydrogens (tertiary/aromatic N) is 1. The minimum atomic E-state index is -0.518. The minimum Gasteiger partial charge on any atom is -0.352 e. The van der Waals surface area contributed by atoms with Gasteiger partial charge in [-0.05, 0) is 55.5 Å². The molecule has 1 saturated carbocycles. The Bertz CT molecular complexity index is 844. The van der Waals surface area contributed by atoms with Crippen molar-refractivity contribution in [1.29, 1.82) is 0 Å². The highest BCUT2D eigenvalue weighted by Crippen LogP contribution is 2.20. The van der Waals surface area contributed by atoms with Gasteiger partial charge in [0.05, 0.1) is 6.42 Å². The highest BCUT2D eigenvalue weighted by atomic mass is 79.9. The maximum Gasteiger partial charge on any atom is 0.242 e. The van der Waals surface area contributed by atoms with E-state index < -0.39 is 6.04 Å². The fourth-order valence-corrected chi connectivity index (χ4v) is 4.10. The first-order chi connectivity index (χ1) is 13.9. The molecular weight excluding hydrogens is 428 g/mol. The molecule has 1 N–H and O–H groups in total. The van der Waals surface area contributed by atoms with Crippen molar-refractivity contribution in [2.45, 2.75) is 64.6 Å². The summed E-state index contributed by atoms with van der Waals surface area (Å²) >= 11 is 3.45. The number of carbonyl (C=O) groups is 2. The molecule has 2 aromatic carbocycles. The van der Waals surface area contributed by atoms with E-state index in [9.17, 15) is 9.59 Å². The Morgan fingerprint density at radius 2 is 1.76 bits per heavy atom. The first-order valence-corrected chi connectivity index (χ1v) is 11.1. The number of halogens is 1. The van der Waals surface area contributed by atoms with Gasteiger partial charge < -0.3 is 10.2 Å². The predicted molar refractivity (Wildman–Crippen MR) is 119 cm³/mol. The van der Waals surface area contributed by atoms with Crippen molar-refractivity contribution in [3.8, 4) is 0 Å². The molecule has 1 atom stereocenters. The quantitative estimate of drug-likeness (QED) is 0.651. The second-order valence-corrected chi connectivity index (χ2v) is 8.83. The molecule has 154 valence electrons. The van der Waals surface area contributed by atoms with E-state index in [1.54, 1.807) is 4.90 Å². The molecule has 5 heteroatoms. The average Bonchev–Trinajstić information content (AvgIpc) is 3.21. The molecule has 4 nitrogen and oxygen atoms in total. The number of carbonyl (C=O) groups excluding carboxylic acids is 2. The molecule has 1 aliphatic rings. The smallest absolute Gasteiger partial charge is 0.242 e. The lowest BCUT2D eigenvalue weighted by Crippen LogP contribution is -2.50. The molecule has 0 aliphatic heterocycles. The van der Waals surface area contributed by atoms with Crippen LogP contribution < -0.4 is 5.32 Å². The Hall–Kier alpha value is -2.14. The van der Waals surface area contributed by atoms with Crippen LogP contribution in [0.25, 0.3) is 0 Å². The van der Waals surface area contributed by atoms with Crippen LogP contribution >= 0.6 is 15.9 Å². The Morgan fingerprint density at radius 1 is 1.10 bits per heavy atom. The summed E-state index contributed by atoms with van der Waals surface area (Å²) in [5, 5.41) is 3.14. The van der Waals surface area contributed by atoms with Gasteiger partial charge in [-0.15, -0.1) is 0 Å². The molecule has 2 aromatic rings. The lowest BCUT2D eigenvalue weighted by Gasteiger charge is -2.30. The zero-order chi connectivity index (χ0) is 20.8. The summed E-state index contributed by atoms with van der Waals surface area (Å²) in [4.78, 5) is 27.9. The number of nitrogens with one attached hydrogen (secondary N) is 1. The van der Waals surface area contributed by atoms with Crippen LogP contribution in [0.4, 0.5) is 0 Å². The molecule has 0 radical (unpaired) electrons. The third kappa shape index (κ3) is 5.92. The molecular formula is C24H29BrN2O2. The van der Waals surface area contributed by atoms with Gasteiger partial charge in [0.15, 0.2) is 0 Å². The Morgan fingerprint density at radius 3 is 2.41 bits per heavy atom. The summed E-state index contributed by atoms with van der Waals surface area (Å²) in [7, 11) is 0. The van der Waals surface area contributed by atoms with Crippen molar-refractivity contribution in [1.82, 2.24) is 10.2 Å². The fraction of sp³-hybridized carbons (Fsp3) is 0.417. The molecule has 29 heavy (non-hydrogen) atoms. The van der Waals surface area contributed by atoms with Gasteiger partial charge in [-0.3, -0.25) is 9.59 Å². The number of benzene rings is 2. The zero-order valence-corrected chi connectivity index (χ0v) is 18.7. The van der Waals surface area contributed by atoms with Crippen LogP contribution in [0.3, 0.4) is 0 Å². The number of hydrogen-bond acceptors (Lipinski definition) is 2. The number of hydrogen-bond donors (Lipinski definition) is 1. The van der Waals surface area contributed by atoms with Crippen LogP contribution in [0.2, 0.25) is 0 Å². The van der Waals surface area contributed by atoms with Gasteiger partial charge in [0.1, 0.15) is 6.04 Å². The van der Waals surface area contributed by atoms with E-state index in [-0.39, 0.29) is 17.9 Å². The second-order valence-electron chi connectivity index (χ2n) is 7.92.